The molecule has 0 aliphatic heterocycles. The van der Waals surface area contributed by atoms with E-state index >= 15 is 0 Å². The van der Waals surface area contributed by atoms with Crippen LogP contribution in [0.4, 0.5) is 0 Å². The number of likely N-dealkylation sites (N-methyl/N-ethyl adjacent to an activating group) is 1. The Bertz CT molecular complexity index is 448. The fourth-order valence-corrected chi connectivity index (χ4v) is 1.99. The standard InChI is InChI=1S/C13H16BrNO3/c1-9(13(17)18)8-15(2)12(16)7-10-4-3-5-11(14)6-10/h3-6,9H,7-8H2,1-2H3,(H,17,18)/t9-/m1/s1. The van der Waals surface area contributed by atoms with Gasteiger partial charge in [0.25, 0.3) is 0 Å². The van der Waals surface area contributed by atoms with Crippen LogP contribution in [0.3, 0.4) is 0 Å². The number of carboxylic acids is 1. The zero-order chi connectivity index (χ0) is 13.7. The Morgan fingerprint density at radius 2 is 2.11 bits per heavy atom. The Hall–Kier alpha value is -1.36. The number of hydrogen-bond donors (Lipinski definition) is 1. The number of amides is 1. The van der Waals surface area contributed by atoms with Crippen molar-refractivity contribution in [2.75, 3.05) is 13.6 Å². The first-order chi connectivity index (χ1) is 8.40. The summed E-state index contributed by atoms with van der Waals surface area (Å²) < 4.78 is 0.925. The Balaban J connectivity index is 2.57. The molecule has 4 nitrogen and oxygen atoms in total. The molecule has 1 atom stereocenters. The molecule has 1 rings (SSSR count). The molecule has 18 heavy (non-hydrogen) atoms. The van der Waals surface area contributed by atoms with Crippen LogP contribution in [-0.2, 0) is 16.0 Å². The SMILES string of the molecule is C[C@H](CN(C)C(=O)Cc1cccc(Br)c1)C(=O)O. The average molecular weight is 314 g/mol. The van der Waals surface area contributed by atoms with Crippen molar-refractivity contribution in [3.63, 3.8) is 0 Å². The fourth-order valence-electron chi connectivity index (χ4n) is 1.55. The molecule has 1 amide bonds. The highest BCUT2D eigenvalue weighted by molar-refractivity contribution is 9.10. The lowest BCUT2D eigenvalue weighted by atomic mass is 10.1. The van der Waals surface area contributed by atoms with Crippen LogP contribution >= 0.6 is 15.9 Å². The summed E-state index contributed by atoms with van der Waals surface area (Å²) in [7, 11) is 1.62. The minimum atomic E-state index is -0.892. The van der Waals surface area contributed by atoms with Gasteiger partial charge in [0.2, 0.25) is 5.91 Å². The Kier molecular flexibility index (Phi) is 5.34. The van der Waals surface area contributed by atoms with Crippen LogP contribution in [0, 0.1) is 5.92 Å². The molecule has 0 saturated carbocycles. The zero-order valence-corrected chi connectivity index (χ0v) is 12.0. The molecule has 1 aromatic rings. The molecular formula is C13H16BrNO3. The number of halogens is 1. The van der Waals surface area contributed by atoms with Gasteiger partial charge in [-0.3, -0.25) is 9.59 Å². The van der Waals surface area contributed by atoms with E-state index in [9.17, 15) is 9.59 Å². The maximum atomic E-state index is 11.9. The highest BCUT2D eigenvalue weighted by Crippen LogP contribution is 2.13. The van der Waals surface area contributed by atoms with E-state index in [-0.39, 0.29) is 18.9 Å². The summed E-state index contributed by atoms with van der Waals surface area (Å²) in [6.07, 6.45) is 0.280. The molecular weight excluding hydrogens is 298 g/mol. The van der Waals surface area contributed by atoms with Gasteiger partial charge < -0.3 is 10.0 Å². The quantitative estimate of drug-likeness (QED) is 0.906. The Labute approximate surface area is 115 Å². The predicted molar refractivity (Wildman–Crippen MR) is 72.3 cm³/mol. The summed E-state index contributed by atoms with van der Waals surface area (Å²) in [6, 6.07) is 7.51. The third-order valence-corrected chi connectivity index (χ3v) is 3.13. The van der Waals surface area contributed by atoms with E-state index in [2.05, 4.69) is 15.9 Å². The highest BCUT2D eigenvalue weighted by atomic mass is 79.9. The zero-order valence-electron chi connectivity index (χ0n) is 10.4. The average Bonchev–Trinajstić information content (AvgIpc) is 2.28. The first kappa shape index (κ1) is 14.7. The van der Waals surface area contributed by atoms with Gasteiger partial charge in [-0.25, -0.2) is 0 Å². The van der Waals surface area contributed by atoms with Crippen LogP contribution < -0.4 is 0 Å². The van der Waals surface area contributed by atoms with E-state index in [0.29, 0.717) is 0 Å². The molecule has 98 valence electrons. The Morgan fingerprint density at radius 3 is 2.67 bits per heavy atom. The van der Waals surface area contributed by atoms with Gasteiger partial charge in [0.1, 0.15) is 0 Å². The van der Waals surface area contributed by atoms with Gasteiger partial charge in [-0.2, -0.15) is 0 Å². The van der Waals surface area contributed by atoms with Crippen LogP contribution in [0.2, 0.25) is 0 Å². The number of benzene rings is 1. The second kappa shape index (κ2) is 6.54. The minimum Gasteiger partial charge on any atom is -0.481 e. The molecule has 0 aliphatic rings. The maximum Gasteiger partial charge on any atom is 0.308 e. The number of carbonyl (C=O) groups is 2. The summed E-state index contributed by atoms with van der Waals surface area (Å²) in [5.41, 5.74) is 0.907. The largest absolute Gasteiger partial charge is 0.481 e. The van der Waals surface area contributed by atoms with Crippen molar-refractivity contribution in [3.05, 3.63) is 34.3 Å². The molecule has 0 aliphatic carbocycles. The first-order valence-electron chi connectivity index (χ1n) is 5.61. The van der Waals surface area contributed by atoms with Gasteiger partial charge in [0.05, 0.1) is 12.3 Å². The lowest BCUT2D eigenvalue weighted by Crippen LogP contribution is -2.34. The van der Waals surface area contributed by atoms with E-state index in [4.69, 9.17) is 5.11 Å². The van der Waals surface area contributed by atoms with E-state index in [0.717, 1.165) is 10.0 Å². The van der Waals surface area contributed by atoms with Crippen LogP contribution in [0.1, 0.15) is 12.5 Å². The number of aliphatic carboxylic acids is 1. The van der Waals surface area contributed by atoms with E-state index in [1.165, 1.54) is 4.90 Å². The molecule has 0 heterocycles. The van der Waals surface area contributed by atoms with Crippen LogP contribution in [-0.4, -0.2) is 35.5 Å². The van der Waals surface area contributed by atoms with Crippen molar-refractivity contribution in [1.29, 1.82) is 0 Å². The van der Waals surface area contributed by atoms with Crippen LogP contribution in [0.5, 0.6) is 0 Å². The van der Waals surface area contributed by atoms with Gasteiger partial charge in [-0.1, -0.05) is 35.0 Å². The molecule has 0 unspecified atom stereocenters. The number of hydrogen-bond acceptors (Lipinski definition) is 2. The van der Waals surface area contributed by atoms with E-state index in [1.54, 1.807) is 14.0 Å². The number of rotatable bonds is 5. The monoisotopic (exact) mass is 313 g/mol. The molecule has 1 aromatic carbocycles. The summed E-state index contributed by atoms with van der Waals surface area (Å²) in [4.78, 5) is 24.1. The van der Waals surface area contributed by atoms with Gasteiger partial charge in [-0.05, 0) is 17.7 Å². The second-order valence-corrected chi connectivity index (χ2v) is 5.24. The van der Waals surface area contributed by atoms with Gasteiger partial charge in [0.15, 0.2) is 0 Å². The number of carboxylic acid groups (broad SMARTS) is 1. The van der Waals surface area contributed by atoms with E-state index < -0.39 is 11.9 Å². The van der Waals surface area contributed by atoms with Crippen molar-refractivity contribution < 1.29 is 14.7 Å². The summed E-state index contributed by atoms with van der Waals surface area (Å²) in [5, 5.41) is 8.79. The normalized spacial score (nSPS) is 11.9. The highest BCUT2D eigenvalue weighted by Gasteiger charge is 2.17. The molecule has 0 spiro atoms. The van der Waals surface area contributed by atoms with Crippen molar-refractivity contribution in [2.45, 2.75) is 13.3 Å². The topological polar surface area (TPSA) is 57.6 Å². The summed E-state index contributed by atoms with van der Waals surface area (Å²) in [6.45, 7) is 1.81. The third kappa shape index (κ3) is 4.49. The Morgan fingerprint density at radius 1 is 1.44 bits per heavy atom. The lowest BCUT2D eigenvalue weighted by molar-refractivity contribution is -0.142. The first-order valence-corrected chi connectivity index (χ1v) is 6.40. The second-order valence-electron chi connectivity index (χ2n) is 4.32. The molecule has 0 bridgehead atoms. The molecule has 1 N–H and O–H groups in total. The van der Waals surface area contributed by atoms with Crippen molar-refractivity contribution in [2.24, 2.45) is 5.92 Å². The van der Waals surface area contributed by atoms with Crippen molar-refractivity contribution in [1.82, 2.24) is 4.90 Å². The van der Waals surface area contributed by atoms with Gasteiger partial charge >= 0.3 is 5.97 Å². The smallest absolute Gasteiger partial charge is 0.308 e. The lowest BCUT2D eigenvalue weighted by Gasteiger charge is -2.19. The van der Waals surface area contributed by atoms with Crippen LogP contribution in [0.25, 0.3) is 0 Å². The third-order valence-electron chi connectivity index (χ3n) is 2.64. The molecule has 5 heteroatoms. The molecule has 0 saturated heterocycles. The van der Waals surface area contributed by atoms with Crippen molar-refractivity contribution >= 4 is 27.8 Å². The summed E-state index contributed by atoms with van der Waals surface area (Å²) >= 11 is 3.35. The molecule has 0 radical (unpaired) electrons. The number of carbonyl (C=O) groups excluding carboxylic acids is 1. The maximum absolute atomic E-state index is 11.9. The van der Waals surface area contributed by atoms with E-state index in [1.807, 2.05) is 24.3 Å². The molecule has 0 aromatic heterocycles. The fraction of sp³-hybridized carbons (Fsp3) is 0.385. The van der Waals surface area contributed by atoms with Gasteiger partial charge in [-0.15, -0.1) is 0 Å². The number of nitrogens with zero attached hydrogens (tertiary/aromatic N) is 1. The van der Waals surface area contributed by atoms with Gasteiger partial charge in [0, 0.05) is 18.1 Å². The van der Waals surface area contributed by atoms with Crippen LogP contribution in [0.15, 0.2) is 28.7 Å². The predicted octanol–water partition coefficient (Wildman–Crippen LogP) is 2.17. The van der Waals surface area contributed by atoms with Crippen molar-refractivity contribution in [3.8, 4) is 0 Å². The molecule has 0 fully saturated rings. The summed E-state index contributed by atoms with van der Waals surface area (Å²) in [5.74, 6) is -1.53. The minimum absolute atomic E-state index is 0.0822.